The second-order valence-electron chi connectivity index (χ2n) is 10.3. The van der Waals surface area contributed by atoms with Crippen molar-refractivity contribution >= 4 is 56.1 Å². The minimum absolute atomic E-state index is 0. The first-order valence-corrected chi connectivity index (χ1v) is 14.0. The molecule has 0 saturated carbocycles. The third-order valence-electron chi connectivity index (χ3n) is 7.51. The molecule has 4 aromatic carbocycles. The van der Waals surface area contributed by atoms with Gasteiger partial charge in [0, 0.05) is 70.7 Å². The number of aromatic nitrogens is 8. The number of carboxylic acid groups (broad SMARTS) is 2. The van der Waals surface area contributed by atoms with Crippen LogP contribution in [-0.4, -0.2) is 52.1 Å². The summed E-state index contributed by atoms with van der Waals surface area (Å²) in [7, 11) is 0. The molecule has 2 N–H and O–H groups in total. The topological polar surface area (TPSA) is 180 Å². The zero-order chi connectivity index (χ0) is 31.4. The summed E-state index contributed by atoms with van der Waals surface area (Å²) in [6, 6.07) is 31.8. The Morgan fingerprint density at radius 1 is 0.404 bits per heavy atom. The first-order chi connectivity index (χ1) is 22.4. The fourth-order valence-corrected chi connectivity index (χ4v) is 5.46. The van der Waals surface area contributed by atoms with Crippen LogP contribution < -0.4 is 9.97 Å². The number of hydrogen-bond donors (Lipinski definition) is 2. The minimum atomic E-state index is -1.82. The van der Waals surface area contributed by atoms with Gasteiger partial charge in [-0.05, 0) is 21.5 Å². The smallest absolute Gasteiger partial charge is 0.414 e. The molecule has 8 bridgehead atoms. The Morgan fingerprint density at radius 3 is 0.872 bits per heavy atom. The molecular formula is C34H18HfN8O4-2. The molecule has 47 heavy (non-hydrogen) atoms. The molecule has 224 valence electrons. The van der Waals surface area contributed by atoms with Gasteiger partial charge in [-0.25, -0.2) is 19.6 Å². The summed E-state index contributed by atoms with van der Waals surface area (Å²) in [4.78, 5) is 57.5. The number of carboxylic acids is 2. The van der Waals surface area contributed by atoms with Gasteiger partial charge in [0.1, 0.15) is 0 Å². The predicted molar refractivity (Wildman–Crippen MR) is 169 cm³/mol. The van der Waals surface area contributed by atoms with E-state index in [9.17, 15) is 0 Å². The average Bonchev–Trinajstić information content (AvgIpc) is 3.81. The zero-order valence-corrected chi connectivity index (χ0v) is 27.6. The van der Waals surface area contributed by atoms with Crippen LogP contribution in [0.3, 0.4) is 0 Å². The van der Waals surface area contributed by atoms with Crippen molar-refractivity contribution in [2.24, 2.45) is 0 Å². The Balaban J connectivity index is 0.000000462. The molecule has 7 aromatic rings. The Hall–Kier alpha value is -5.95. The van der Waals surface area contributed by atoms with Gasteiger partial charge in [0.2, 0.25) is 0 Å². The molecule has 2 aliphatic rings. The Kier molecular flexibility index (Phi) is 7.45. The first kappa shape index (κ1) is 29.7. The monoisotopic (exact) mass is 782 g/mol. The van der Waals surface area contributed by atoms with Crippen molar-refractivity contribution in [1.82, 2.24) is 39.9 Å². The maximum atomic E-state index is 9.10. The fraction of sp³-hybridized carbons (Fsp3) is 0. The van der Waals surface area contributed by atoms with Crippen LogP contribution in [0.4, 0.5) is 0 Å². The van der Waals surface area contributed by atoms with E-state index in [1.807, 2.05) is 97.1 Å². The third kappa shape index (κ3) is 5.16. The van der Waals surface area contributed by atoms with Crippen LogP contribution in [0, 0.1) is 0 Å². The molecular weight excluding hydrogens is 763 g/mol. The molecule has 0 aliphatic carbocycles. The van der Waals surface area contributed by atoms with Gasteiger partial charge in [0.25, 0.3) is 0 Å². The maximum Gasteiger partial charge on any atom is 0.414 e. The SMILES string of the molecule is O=C(O)C(=O)O.[Hf].c1ccc2c(c1)-c1nc-2nc2[n-]c(nc3nc(nc4[n-]c(n1)c1ccccc41)-c1ccccc1-3)c1ccccc21. The Labute approximate surface area is 283 Å². The molecule has 5 heterocycles. The van der Waals surface area contributed by atoms with Gasteiger partial charge in [-0.15, -0.1) is 0 Å². The van der Waals surface area contributed by atoms with Crippen LogP contribution in [0.25, 0.3) is 89.7 Å². The quantitative estimate of drug-likeness (QED) is 0.150. The molecule has 0 fully saturated rings. The van der Waals surface area contributed by atoms with Crippen LogP contribution in [-0.2, 0) is 35.4 Å². The third-order valence-corrected chi connectivity index (χ3v) is 7.51. The van der Waals surface area contributed by atoms with Gasteiger partial charge in [0.15, 0.2) is 0 Å². The number of carbonyl (C=O) groups is 2. The van der Waals surface area contributed by atoms with Crippen molar-refractivity contribution in [3.05, 3.63) is 97.1 Å². The van der Waals surface area contributed by atoms with Gasteiger partial charge in [0.05, 0.1) is 23.3 Å². The van der Waals surface area contributed by atoms with Crippen LogP contribution in [0.5, 0.6) is 0 Å². The van der Waals surface area contributed by atoms with E-state index in [0.29, 0.717) is 45.9 Å². The van der Waals surface area contributed by atoms with E-state index in [-0.39, 0.29) is 25.8 Å². The summed E-state index contributed by atoms with van der Waals surface area (Å²) in [6.07, 6.45) is 0. The summed E-state index contributed by atoms with van der Waals surface area (Å²) in [5.74, 6) is -1.44. The molecule has 13 heteroatoms. The summed E-state index contributed by atoms with van der Waals surface area (Å²) in [5, 5.41) is 18.4. The van der Waals surface area contributed by atoms with Crippen LogP contribution >= 0.6 is 0 Å². The molecule has 0 amide bonds. The van der Waals surface area contributed by atoms with Gasteiger partial charge >= 0.3 is 11.9 Å². The predicted octanol–water partition coefficient (Wildman–Crippen LogP) is 5.28. The second-order valence-corrected chi connectivity index (χ2v) is 10.3. The normalized spacial score (nSPS) is 11.1. The van der Waals surface area contributed by atoms with Crippen molar-refractivity contribution in [3.63, 3.8) is 0 Å². The number of nitrogens with zero attached hydrogens (tertiary/aromatic N) is 8. The van der Waals surface area contributed by atoms with Crippen molar-refractivity contribution in [2.75, 3.05) is 0 Å². The number of benzene rings is 4. The van der Waals surface area contributed by atoms with E-state index in [4.69, 9.17) is 59.7 Å². The number of aliphatic carboxylic acids is 2. The fourth-order valence-electron chi connectivity index (χ4n) is 5.46. The van der Waals surface area contributed by atoms with Gasteiger partial charge in [-0.3, -0.25) is 0 Å². The maximum absolute atomic E-state index is 9.10. The minimum Gasteiger partial charge on any atom is -0.473 e. The molecule has 9 rings (SSSR count). The van der Waals surface area contributed by atoms with Gasteiger partial charge in [-0.2, -0.15) is 0 Å². The van der Waals surface area contributed by atoms with E-state index in [0.717, 1.165) is 43.8 Å². The molecule has 2 aliphatic heterocycles. The van der Waals surface area contributed by atoms with E-state index in [1.54, 1.807) is 0 Å². The van der Waals surface area contributed by atoms with E-state index < -0.39 is 11.9 Å². The summed E-state index contributed by atoms with van der Waals surface area (Å²) in [5.41, 5.74) is 5.78. The molecule has 12 nitrogen and oxygen atoms in total. The van der Waals surface area contributed by atoms with Crippen molar-refractivity contribution in [3.8, 4) is 45.6 Å². The molecule has 0 radical (unpaired) electrons. The van der Waals surface area contributed by atoms with Crippen LogP contribution in [0.1, 0.15) is 0 Å². The van der Waals surface area contributed by atoms with Crippen LogP contribution in [0.15, 0.2) is 97.1 Å². The van der Waals surface area contributed by atoms with Crippen molar-refractivity contribution in [1.29, 1.82) is 0 Å². The first-order valence-electron chi connectivity index (χ1n) is 14.0. The Morgan fingerprint density at radius 2 is 0.638 bits per heavy atom. The molecule has 0 unspecified atom stereocenters. The van der Waals surface area contributed by atoms with Crippen molar-refractivity contribution < 1.29 is 45.6 Å². The largest absolute Gasteiger partial charge is 0.473 e. The molecule has 0 spiro atoms. The molecule has 0 atom stereocenters. The summed E-state index contributed by atoms with van der Waals surface area (Å²) in [6.45, 7) is 0. The van der Waals surface area contributed by atoms with E-state index in [1.165, 1.54) is 0 Å². The summed E-state index contributed by atoms with van der Waals surface area (Å²) < 4.78 is 0. The number of hydrogen-bond acceptors (Lipinski definition) is 8. The van der Waals surface area contributed by atoms with Gasteiger partial charge in [-0.1, -0.05) is 97.1 Å². The van der Waals surface area contributed by atoms with E-state index >= 15 is 0 Å². The Bertz CT molecular complexity index is 2250. The number of rotatable bonds is 0. The second kappa shape index (κ2) is 11.8. The standard InChI is InChI=1S/C32H16N8.C2H2O4.Hf/c1-2-10-18-17(9-1)25-33-26(18)38-28-21-13-5-6-14-22(21)30(35-28)40-32-24-16-8-7-15-23(24)31(36-32)39-29-20-12-4-3-11-19(20)27(34-29)37-25;3-1(4)2(5)6;/h1-16H;(H,3,4)(H,5,6);/q-2;;. The zero-order valence-electron chi connectivity index (χ0n) is 24.0. The molecule has 0 saturated heterocycles. The average molecular weight is 781 g/mol. The molecule has 3 aromatic heterocycles. The van der Waals surface area contributed by atoms with Gasteiger partial charge < -0.3 is 40.1 Å². The van der Waals surface area contributed by atoms with Crippen molar-refractivity contribution in [2.45, 2.75) is 0 Å². The van der Waals surface area contributed by atoms with Crippen LogP contribution in [0.2, 0.25) is 0 Å². The number of fused-ring (bicyclic) bond motifs is 20. The summed E-state index contributed by atoms with van der Waals surface area (Å²) >= 11 is 0. The van der Waals surface area contributed by atoms with E-state index in [2.05, 4.69) is 0 Å².